The Balaban J connectivity index is 1.75. The van der Waals surface area contributed by atoms with E-state index in [0.29, 0.717) is 28.4 Å². The third-order valence-corrected chi connectivity index (χ3v) is 5.91. The number of hydrogen-bond acceptors (Lipinski definition) is 6. The molecule has 0 bridgehead atoms. The van der Waals surface area contributed by atoms with Gasteiger partial charge < -0.3 is 4.74 Å². The van der Waals surface area contributed by atoms with Gasteiger partial charge in [-0.3, -0.25) is 10.1 Å². The maximum atomic E-state index is 13.2. The van der Waals surface area contributed by atoms with Crippen LogP contribution in [0.3, 0.4) is 0 Å². The second-order valence-corrected chi connectivity index (χ2v) is 9.88. The molecule has 0 radical (unpaired) electrons. The fourth-order valence-electron chi connectivity index (χ4n) is 3.23. The predicted octanol–water partition coefficient (Wildman–Crippen LogP) is 5.76. The molecular formula is C24H23ClN4O3S. The number of aryl methyl sites for hydroxylation is 2. The minimum atomic E-state index is -0.652. The molecule has 4 rings (SSSR count). The van der Waals surface area contributed by atoms with E-state index >= 15 is 0 Å². The highest BCUT2D eigenvalue weighted by Gasteiger charge is 2.21. The third kappa shape index (κ3) is 5.58. The van der Waals surface area contributed by atoms with Gasteiger partial charge in [-0.15, -0.1) is 0 Å². The number of carbonyl (C=O) groups excluding carboxylic acids is 1. The Morgan fingerprint density at radius 1 is 1.12 bits per heavy atom. The van der Waals surface area contributed by atoms with Crippen LogP contribution in [0, 0.1) is 0 Å². The van der Waals surface area contributed by atoms with Crippen LogP contribution in [0.4, 0.5) is 9.93 Å². The Kier molecular flexibility index (Phi) is 6.49. The molecule has 0 aliphatic heterocycles. The fraction of sp³-hybridized carbons (Fsp3) is 0.250. The van der Waals surface area contributed by atoms with Gasteiger partial charge in [-0.2, -0.15) is 5.10 Å². The van der Waals surface area contributed by atoms with E-state index in [9.17, 15) is 9.59 Å². The van der Waals surface area contributed by atoms with Crippen molar-refractivity contribution in [3.05, 3.63) is 75.5 Å². The molecule has 9 heteroatoms. The van der Waals surface area contributed by atoms with Gasteiger partial charge in [-0.1, -0.05) is 65.4 Å². The Labute approximate surface area is 200 Å². The van der Waals surface area contributed by atoms with Crippen molar-refractivity contribution in [2.24, 2.45) is 0 Å². The van der Waals surface area contributed by atoms with Crippen LogP contribution >= 0.6 is 22.9 Å². The van der Waals surface area contributed by atoms with Gasteiger partial charge in [0.1, 0.15) is 11.3 Å². The molecule has 33 heavy (non-hydrogen) atoms. The monoisotopic (exact) mass is 482 g/mol. The van der Waals surface area contributed by atoms with Crippen molar-refractivity contribution in [3.8, 4) is 11.3 Å². The maximum Gasteiger partial charge on any atom is 0.413 e. The topological polar surface area (TPSA) is 86.1 Å². The summed E-state index contributed by atoms with van der Waals surface area (Å²) in [6, 6.07) is 17.1. The number of halogens is 1. The van der Waals surface area contributed by atoms with E-state index < -0.39 is 11.7 Å². The number of rotatable bonds is 5. The summed E-state index contributed by atoms with van der Waals surface area (Å²) in [7, 11) is 0. The zero-order valence-corrected chi connectivity index (χ0v) is 20.0. The van der Waals surface area contributed by atoms with Crippen molar-refractivity contribution in [1.82, 2.24) is 14.8 Å². The van der Waals surface area contributed by atoms with Crippen molar-refractivity contribution >= 4 is 44.4 Å². The average molecular weight is 483 g/mol. The zero-order chi connectivity index (χ0) is 23.6. The summed E-state index contributed by atoms with van der Waals surface area (Å²) < 4.78 is 7.32. The minimum Gasteiger partial charge on any atom is -0.444 e. The van der Waals surface area contributed by atoms with Gasteiger partial charge in [0.2, 0.25) is 0 Å². The smallest absolute Gasteiger partial charge is 0.413 e. The first-order chi connectivity index (χ1) is 15.7. The predicted molar refractivity (Wildman–Crippen MR) is 132 cm³/mol. The van der Waals surface area contributed by atoms with Crippen LogP contribution in [0.25, 0.3) is 21.5 Å². The maximum absolute atomic E-state index is 13.2. The van der Waals surface area contributed by atoms with Crippen molar-refractivity contribution in [2.45, 2.75) is 39.3 Å². The fourth-order valence-corrected chi connectivity index (χ4v) is 4.31. The lowest BCUT2D eigenvalue weighted by Crippen LogP contribution is -2.27. The molecule has 0 unspecified atom stereocenters. The molecule has 1 N–H and O–H groups in total. The van der Waals surface area contributed by atoms with Crippen molar-refractivity contribution < 1.29 is 9.53 Å². The molecular weight excluding hydrogens is 460 g/mol. The lowest BCUT2D eigenvalue weighted by atomic mass is 10.1. The van der Waals surface area contributed by atoms with Crippen LogP contribution in [-0.4, -0.2) is 26.5 Å². The molecule has 170 valence electrons. The highest BCUT2D eigenvalue weighted by Crippen LogP contribution is 2.32. The number of hydrogen-bond donors (Lipinski definition) is 1. The molecule has 0 atom stereocenters. The summed E-state index contributed by atoms with van der Waals surface area (Å²) >= 11 is 7.24. The van der Waals surface area contributed by atoms with E-state index in [4.69, 9.17) is 16.3 Å². The van der Waals surface area contributed by atoms with Crippen LogP contribution < -0.4 is 10.9 Å². The Bertz CT molecular complexity index is 1340. The molecule has 2 aromatic heterocycles. The number of anilines is 1. The molecule has 0 fully saturated rings. The number of carbonyl (C=O) groups is 1. The highest BCUT2D eigenvalue weighted by atomic mass is 35.5. The summed E-state index contributed by atoms with van der Waals surface area (Å²) in [5.41, 5.74) is 1.78. The van der Waals surface area contributed by atoms with Crippen molar-refractivity contribution in [2.75, 3.05) is 5.32 Å². The second kappa shape index (κ2) is 9.33. The molecule has 0 spiro atoms. The van der Waals surface area contributed by atoms with E-state index in [2.05, 4.69) is 15.4 Å². The number of aromatic nitrogens is 3. The van der Waals surface area contributed by atoms with Gasteiger partial charge >= 0.3 is 6.09 Å². The first-order valence-electron chi connectivity index (χ1n) is 10.4. The van der Waals surface area contributed by atoms with Gasteiger partial charge in [-0.05, 0) is 44.9 Å². The summed E-state index contributed by atoms with van der Waals surface area (Å²) in [6.07, 6.45) is 0.0129. The molecule has 0 saturated carbocycles. The number of thiazole rings is 1. The number of nitrogens with one attached hydrogen (secondary N) is 1. The second-order valence-electron chi connectivity index (χ2n) is 8.44. The number of ether oxygens (including phenoxy) is 1. The molecule has 0 aliphatic rings. The Morgan fingerprint density at radius 3 is 2.48 bits per heavy atom. The number of nitrogens with zero attached hydrogens (tertiary/aromatic N) is 3. The van der Waals surface area contributed by atoms with E-state index in [1.54, 1.807) is 32.9 Å². The number of amides is 1. The SMILES string of the molecule is CC(C)(C)OC(=O)Nc1nc2c(=O)n(CCc3ccccc3)nc(-c3ccc(Cl)cc3)c2s1. The highest BCUT2D eigenvalue weighted by molar-refractivity contribution is 7.22. The molecule has 2 aromatic carbocycles. The van der Waals surface area contributed by atoms with E-state index in [1.807, 2.05) is 42.5 Å². The normalized spacial score (nSPS) is 11.5. The van der Waals surface area contributed by atoms with Crippen LogP contribution in [0.5, 0.6) is 0 Å². The summed E-state index contributed by atoms with van der Waals surface area (Å²) in [6.45, 7) is 5.72. The Hall–Kier alpha value is -3.23. The summed E-state index contributed by atoms with van der Waals surface area (Å²) in [5.74, 6) is 0. The first-order valence-corrected chi connectivity index (χ1v) is 11.6. The molecule has 0 saturated heterocycles. The number of benzene rings is 2. The van der Waals surface area contributed by atoms with E-state index in [0.717, 1.165) is 11.1 Å². The van der Waals surface area contributed by atoms with Gasteiger partial charge in [0.15, 0.2) is 10.6 Å². The van der Waals surface area contributed by atoms with E-state index in [1.165, 1.54) is 16.0 Å². The van der Waals surface area contributed by atoms with Gasteiger partial charge in [0.05, 0.1) is 4.70 Å². The lowest BCUT2D eigenvalue weighted by Gasteiger charge is -2.18. The van der Waals surface area contributed by atoms with Crippen LogP contribution in [0.15, 0.2) is 59.4 Å². The lowest BCUT2D eigenvalue weighted by molar-refractivity contribution is 0.0636. The van der Waals surface area contributed by atoms with E-state index in [-0.39, 0.29) is 16.2 Å². The molecule has 7 nitrogen and oxygen atoms in total. The molecule has 2 heterocycles. The summed E-state index contributed by atoms with van der Waals surface area (Å²) in [4.78, 5) is 29.8. The number of fused-ring (bicyclic) bond motifs is 1. The summed E-state index contributed by atoms with van der Waals surface area (Å²) in [5, 5.41) is 8.16. The third-order valence-electron chi connectivity index (χ3n) is 4.68. The molecule has 0 aliphatic carbocycles. The zero-order valence-electron chi connectivity index (χ0n) is 18.5. The Morgan fingerprint density at radius 2 is 1.82 bits per heavy atom. The van der Waals surface area contributed by atoms with Crippen LogP contribution in [-0.2, 0) is 17.7 Å². The van der Waals surface area contributed by atoms with Crippen molar-refractivity contribution in [1.29, 1.82) is 0 Å². The average Bonchev–Trinajstić information content (AvgIpc) is 3.17. The molecule has 1 amide bonds. The quantitative estimate of drug-likeness (QED) is 0.390. The van der Waals surface area contributed by atoms with Gasteiger partial charge in [0, 0.05) is 17.1 Å². The van der Waals surface area contributed by atoms with Gasteiger partial charge in [0.25, 0.3) is 5.56 Å². The largest absolute Gasteiger partial charge is 0.444 e. The van der Waals surface area contributed by atoms with Crippen LogP contribution in [0.2, 0.25) is 5.02 Å². The van der Waals surface area contributed by atoms with Gasteiger partial charge in [-0.25, -0.2) is 14.5 Å². The minimum absolute atomic E-state index is 0.249. The first kappa shape index (κ1) is 22.9. The molecule has 4 aromatic rings. The standard InChI is InChI=1S/C24H23ClN4O3S/c1-24(2,3)32-23(31)27-22-26-19-20(33-22)18(16-9-11-17(25)12-10-16)28-29(21(19)30)14-13-15-7-5-4-6-8-15/h4-12H,13-14H2,1-3H3,(H,26,27,31). The van der Waals surface area contributed by atoms with Crippen LogP contribution in [0.1, 0.15) is 26.3 Å². The van der Waals surface area contributed by atoms with Crippen molar-refractivity contribution in [3.63, 3.8) is 0 Å².